The number of hydrogen-bond donors (Lipinski definition) is 0. The Morgan fingerprint density at radius 1 is 1.06 bits per heavy atom. The van der Waals surface area contributed by atoms with Gasteiger partial charge in [-0.05, 0) is 56.7 Å². The van der Waals surface area contributed by atoms with Crippen molar-refractivity contribution in [2.24, 2.45) is 5.92 Å². The van der Waals surface area contributed by atoms with E-state index in [4.69, 9.17) is 0 Å². The number of piperazine rings is 1. The fraction of sp³-hybridized carbons (Fsp3) is 0.481. The van der Waals surface area contributed by atoms with Crippen molar-refractivity contribution in [3.8, 4) is 0 Å². The lowest BCUT2D eigenvalue weighted by atomic mass is 9.84. The van der Waals surface area contributed by atoms with E-state index in [9.17, 15) is 13.0 Å². The van der Waals surface area contributed by atoms with Crippen LogP contribution in [0.4, 0.5) is 0 Å². The van der Waals surface area contributed by atoms with Gasteiger partial charge in [-0.2, -0.15) is 0 Å². The van der Waals surface area contributed by atoms with E-state index in [0.29, 0.717) is 12.0 Å². The van der Waals surface area contributed by atoms with Crippen molar-refractivity contribution >= 4 is 10.1 Å². The molecule has 0 radical (unpaired) electrons. The Kier molecular flexibility index (Phi) is 8.88. The van der Waals surface area contributed by atoms with Gasteiger partial charge in [0.1, 0.15) is 10.1 Å². The van der Waals surface area contributed by atoms with Gasteiger partial charge in [-0.15, -0.1) is 0 Å². The molecule has 2 aromatic carbocycles. The van der Waals surface area contributed by atoms with E-state index >= 15 is 0 Å². The van der Waals surface area contributed by atoms with Crippen LogP contribution in [-0.4, -0.2) is 62.1 Å². The topological polar surface area (TPSA) is 60.4 Å². The van der Waals surface area contributed by atoms with E-state index in [-0.39, 0.29) is 4.90 Å². The second kappa shape index (κ2) is 11.4. The van der Waals surface area contributed by atoms with Gasteiger partial charge < -0.3 is 9.04 Å². The maximum atomic E-state index is 10.4. The van der Waals surface area contributed by atoms with E-state index < -0.39 is 10.1 Å². The Balaban J connectivity index is 0.000000235. The van der Waals surface area contributed by atoms with Crippen molar-refractivity contribution in [3.63, 3.8) is 0 Å². The largest absolute Gasteiger partial charge is 0.744 e. The molecule has 4 rings (SSSR count). The van der Waals surface area contributed by atoms with Crippen LogP contribution in [0, 0.1) is 12.8 Å². The maximum Gasteiger partial charge on any atom is 0.124 e. The number of allylic oxidation sites excluding steroid dienone is 1. The van der Waals surface area contributed by atoms with Crippen LogP contribution in [0.25, 0.3) is 0 Å². The highest BCUT2D eigenvalue weighted by atomic mass is 32.2. The molecule has 0 amide bonds. The van der Waals surface area contributed by atoms with Gasteiger partial charge in [0.15, 0.2) is 0 Å². The molecule has 1 fully saturated rings. The summed E-state index contributed by atoms with van der Waals surface area (Å²) in [5.41, 5.74) is 2.43. The SMILES string of the molecule is CC[N+]1(C)CCN(C(c2ccccc2)C2C=CCCC2)CC1.Cc1ccc(S(=O)(=O)[O-])cc1. The van der Waals surface area contributed by atoms with Crippen molar-refractivity contribution in [2.75, 3.05) is 39.8 Å². The number of hydrogen-bond acceptors (Lipinski definition) is 4. The van der Waals surface area contributed by atoms with Gasteiger partial charge in [0.05, 0.1) is 31.6 Å². The van der Waals surface area contributed by atoms with E-state index in [1.165, 1.54) is 74.2 Å². The second-order valence-corrected chi connectivity index (χ2v) is 10.9. The zero-order valence-corrected chi connectivity index (χ0v) is 21.0. The highest BCUT2D eigenvalue weighted by molar-refractivity contribution is 7.85. The van der Waals surface area contributed by atoms with Gasteiger partial charge in [0, 0.05) is 19.1 Å². The average Bonchev–Trinajstić information content (AvgIpc) is 2.82. The summed E-state index contributed by atoms with van der Waals surface area (Å²) in [7, 11) is -1.86. The Morgan fingerprint density at radius 3 is 2.21 bits per heavy atom. The van der Waals surface area contributed by atoms with Gasteiger partial charge >= 0.3 is 0 Å². The average molecular weight is 471 g/mol. The summed E-state index contributed by atoms with van der Waals surface area (Å²) >= 11 is 0. The van der Waals surface area contributed by atoms with Crippen LogP contribution in [0.15, 0.2) is 71.6 Å². The van der Waals surface area contributed by atoms with Crippen molar-refractivity contribution in [2.45, 2.75) is 44.0 Å². The minimum atomic E-state index is -4.27. The van der Waals surface area contributed by atoms with E-state index in [2.05, 4.69) is 61.4 Å². The molecule has 2 aromatic rings. The van der Waals surface area contributed by atoms with Crippen LogP contribution < -0.4 is 0 Å². The quantitative estimate of drug-likeness (QED) is 0.359. The number of aryl methyl sites for hydroxylation is 1. The van der Waals surface area contributed by atoms with Crippen LogP contribution >= 0.6 is 0 Å². The van der Waals surface area contributed by atoms with Crippen LogP contribution in [0.5, 0.6) is 0 Å². The van der Waals surface area contributed by atoms with Crippen molar-refractivity contribution in [1.29, 1.82) is 0 Å². The molecule has 0 saturated carbocycles. The van der Waals surface area contributed by atoms with E-state index in [1.54, 1.807) is 12.1 Å². The van der Waals surface area contributed by atoms with Crippen LogP contribution in [-0.2, 0) is 10.1 Å². The van der Waals surface area contributed by atoms with Crippen molar-refractivity contribution < 1.29 is 17.5 Å². The number of likely N-dealkylation sites (N-methyl/N-ethyl adjacent to an activating group) is 1. The van der Waals surface area contributed by atoms with Gasteiger partial charge in [0.25, 0.3) is 0 Å². The standard InChI is InChI=1S/C20H31N2.C7H8O3S/c1-3-22(2)16-14-21(15-17-22)20(18-10-6-4-7-11-18)19-12-8-5-9-13-19;1-6-2-4-7(5-3-6)11(8,9)10/h4,6-8,10-12,19-20H,3,5,9,13-17H2,1-2H3;2-5H,1H3,(H,8,9,10)/q+1;/p-1. The molecule has 2 atom stereocenters. The molecule has 0 aromatic heterocycles. The lowest BCUT2D eigenvalue weighted by Crippen LogP contribution is -2.58. The monoisotopic (exact) mass is 470 g/mol. The minimum Gasteiger partial charge on any atom is -0.744 e. The molecular formula is C27H38N2O3S. The molecular weight excluding hydrogens is 432 g/mol. The zero-order valence-electron chi connectivity index (χ0n) is 20.2. The molecule has 6 heteroatoms. The maximum absolute atomic E-state index is 10.4. The molecule has 180 valence electrons. The number of rotatable bonds is 5. The predicted octanol–water partition coefficient (Wildman–Crippen LogP) is 4.77. The van der Waals surface area contributed by atoms with Crippen LogP contribution in [0.2, 0.25) is 0 Å². The molecule has 1 heterocycles. The predicted molar refractivity (Wildman–Crippen MR) is 133 cm³/mol. The molecule has 1 aliphatic carbocycles. The first-order chi connectivity index (χ1) is 15.7. The zero-order chi connectivity index (χ0) is 23.9. The van der Waals surface area contributed by atoms with Crippen LogP contribution in [0.3, 0.4) is 0 Å². The number of quaternary nitrogens is 1. The summed E-state index contributed by atoms with van der Waals surface area (Å²) in [5.74, 6) is 0.689. The fourth-order valence-corrected chi connectivity index (χ4v) is 5.21. The minimum absolute atomic E-state index is 0.178. The second-order valence-electron chi connectivity index (χ2n) is 9.56. The van der Waals surface area contributed by atoms with Gasteiger partial charge in [-0.1, -0.05) is 60.2 Å². The van der Waals surface area contributed by atoms with Gasteiger partial charge in [-0.3, -0.25) is 4.90 Å². The molecule has 1 aliphatic heterocycles. The molecule has 0 N–H and O–H groups in total. The van der Waals surface area contributed by atoms with E-state index in [0.717, 1.165) is 5.56 Å². The Bertz CT molecular complexity index is 995. The Hall–Kier alpha value is -1.99. The van der Waals surface area contributed by atoms with Gasteiger partial charge in [0.2, 0.25) is 0 Å². The summed E-state index contributed by atoms with van der Waals surface area (Å²) in [6.07, 6.45) is 8.85. The Morgan fingerprint density at radius 2 is 1.70 bits per heavy atom. The van der Waals surface area contributed by atoms with Crippen molar-refractivity contribution in [1.82, 2.24) is 4.90 Å². The molecule has 2 aliphatic rings. The first kappa shape index (κ1) is 25.6. The third-order valence-electron chi connectivity index (χ3n) is 7.16. The molecule has 33 heavy (non-hydrogen) atoms. The van der Waals surface area contributed by atoms with Crippen LogP contribution in [0.1, 0.15) is 43.4 Å². The number of benzene rings is 2. The first-order valence-electron chi connectivity index (χ1n) is 12.0. The van der Waals surface area contributed by atoms with Gasteiger partial charge in [-0.25, -0.2) is 8.42 Å². The molecule has 5 nitrogen and oxygen atoms in total. The lowest BCUT2D eigenvalue weighted by molar-refractivity contribution is -0.912. The third kappa shape index (κ3) is 7.24. The summed E-state index contributed by atoms with van der Waals surface area (Å²) in [6.45, 7) is 10.4. The fourth-order valence-electron chi connectivity index (χ4n) is 4.74. The number of nitrogens with zero attached hydrogens (tertiary/aromatic N) is 2. The highest BCUT2D eigenvalue weighted by Crippen LogP contribution is 2.36. The lowest BCUT2D eigenvalue weighted by Gasteiger charge is -2.46. The normalized spacial score (nSPS) is 21.6. The van der Waals surface area contributed by atoms with Crippen molar-refractivity contribution in [3.05, 3.63) is 77.9 Å². The molecule has 0 bridgehead atoms. The summed E-state index contributed by atoms with van der Waals surface area (Å²) in [5, 5.41) is 0. The summed E-state index contributed by atoms with van der Waals surface area (Å²) in [4.78, 5) is 2.58. The van der Waals surface area contributed by atoms with E-state index in [1.807, 2.05) is 6.92 Å². The Labute approximate surface area is 200 Å². The smallest absolute Gasteiger partial charge is 0.124 e. The third-order valence-corrected chi connectivity index (χ3v) is 8.01. The molecule has 0 spiro atoms. The highest BCUT2D eigenvalue weighted by Gasteiger charge is 2.34. The molecule has 2 unspecified atom stereocenters. The summed E-state index contributed by atoms with van der Waals surface area (Å²) in [6, 6.07) is 17.5. The first-order valence-corrected chi connectivity index (χ1v) is 13.4. The summed E-state index contributed by atoms with van der Waals surface area (Å²) < 4.78 is 32.4. The molecule has 1 saturated heterocycles.